The van der Waals surface area contributed by atoms with Gasteiger partial charge in [-0.25, -0.2) is 4.98 Å². The van der Waals surface area contributed by atoms with E-state index in [2.05, 4.69) is 30.3 Å². The summed E-state index contributed by atoms with van der Waals surface area (Å²) in [6, 6.07) is 9.43. The van der Waals surface area contributed by atoms with Crippen LogP contribution >= 0.6 is 11.8 Å². The molecule has 2 aromatic rings. The molecule has 0 saturated heterocycles. The zero-order chi connectivity index (χ0) is 15.4. The number of carbonyl (C=O) groups is 1. The smallest absolute Gasteiger partial charge is 0.173 e. The standard InChI is InChI=1S/C17H22N2OS/c1-12(2)10-19-14(4)13(3)18-17(19)21-11-16(20)15-8-6-5-7-9-15/h5-9,12H,10-11H2,1-4H3. The third kappa shape index (κ3) is 3.97. The highest BCUT2D eigenvalue weighted by Gasteiger charge is 2.14. The molecule has 0 bridgehead atoms. The molecule has 21 heavy (non-hydrogen) atoms. The lowest BCUT2D eigenvalue weighted by molar-refractivity contribution is 0.102. The zero-order valence-electron chi connectivity index (χ0n) is 13.1. The van der Waals surface area contributed by atoms with E-state index < -0.39 is 0 Å². The molecule has 0 saturated carbocycles. The fourth-order valence-electron chi connectivity index (χ4n) is 2.15. The minimum absolute atomic E-state index is 0.148. The van der Waals surface area contributed by atoms with E-state index >= 15 is 0 Å². The summed E-state index contributed by atoms with van der Waals surface area (Å²) in [7, 11) is 0. The Morgan fingerprint density at radius 2 is 1.90 bits per heavy atom. The minimum Gasteiger partial charge on any atom is -0.323 e. The first-order chi connectivity index (χ1) is 9.99. The van der Waals surface area contributed by atoms with Crippen molar-refractivity contribution in [3.8, 4) is 0 Å². The van der Waals surface area contributed by atoms with Crippen LogP contribution in [0.1, 0.15) is 35.6 Å². The largest absolute Gasteiger partial charge is 0.323 e. The first-order valence-electron chi connectivity index (χ1n) is 7.23. The van der Waals surface area contributed by atoms with E-state index in [9.17, 15) is 4.79 Å². The van der Waals surface area contributed by atoms with Crippen LogP contribution in [0.25, 0.3) is 0 Å². The summed E-state index contributed by atoms with van der Waals surface area (Å²) < 4.78 is 2.23. The fraction of sp³-hybridized carbons (Fsp3) is 0.412. The Balaban J connectivity index is 2.10. The zero-order valence-corrected chi connectivity index (χ0v) is 13.9. The molecule has 1 aromatic carbocycles. The Hall–Kier alpha value is -1.55. The Kier molecular flexibility index (Phi) is 5.23. The highest BCUT2D eigenvalue weighted by atomic mass is 32.2. The number of thioether (sulfide) groups is 1. The van der Waals surface area contributed by atoms with E-state index in [1.165, 1.54) is 17.5 Å². The lowest BCUT2D eigenvalue weighted by atomic mass is 10.2. The number of carbonyl (C=O) groups excluding carboxylic acids is 1. The number of ketones is 1. The number of imidazole rings is 1. The van der Waals surface area contributed by atoms with Gasteiger partial charge in [0.1, 0.15) is 0 Å². The molecule has 0 unspecified atom stereocenters. The molecule has 0 atom stereocenters. The van der Waals surface area contributed by atoms with Crippen molar-refractivity contribution in [1.29, 1.82) is 0 Å². The lowest BCUT2D eigenvalue weighted by Gasteiger charge is -2.12. The first kappa shape index (κ1) is 15.8. The van der Waals surface area contributed by atoms with Crippen LogP contribution in [0, 0.1) is 19.8 Å². The predicted octanol–water partition coefficient (Wildman–Crippen LogP) is 4.13. The molecule has 0 N–H and O–H groups in total. The Morgan fingerprint density at radius 1 is 1.24 bits per heavy atom. The number of hydrogen-bond acceptors (Lipinski definition) is 3. The predicted molar refractivity (Wildman–Crippen MR) is 88.0 cm³/mol. The molecule has 0 fully saturated rings. The number of aromatic nitrogens is 2. The van der Waals surface area contributed by atoms with Crippen molar-refractivity contribution in [1.82, 2.24) is 9.55 Å². The number of Topliss-reactive ketones (excluding diaryl/α,β-unsaturated/α-hetero) is 1. The molecule has 112 valence electrons. The van der Waals surface area contributed by atoms with Crippen LogP contribution in [-0.4, -0.2) is 21.1 Å². The Labute approximate surface area is 130 Å². The summed E-state index contributed by atoms with van der Waals surface area (Å²) in [4.78, 5) is 16.8. The summed E-state index contributed by atoms with van der Waals surface area (Å²) in [5, 5.41) is 0.947. The van der Waals surface area contributed by atoms with Crippen LogP contribution in [0.5, 0.6) is 0 Å². The highest BCUT2D eigenvalue weighted by Crippen LogP contribution is 2.23. The van der Waals surface area contributed by atoms with Crippen molar-refractivity contribution in [3.05, 3.63) is 47.3 Å². The Morgan fingerprint density at radius 3 is 2.52 bits per heavy atom. The van der Waals surface area contributed by atoms with Crippen molar-refractivity contribution in [2.45, 2.75) is 39.4 Å². The SMILES string of the molecule is Cc1nc(SCC(=O)c2ccccc2)n(CC(C)C)c1C. The molecule has 1 aromatic heterocycles. The second-order valence-electron chi connectivity index (χ2n) is 5.65. The second-order valence-corrected chi connectivity index (χ2v) is 6.59. The number of benzene rings is 1. The van der Waals surface area contributed by atoms with Crippen LogP contribution in [0.2, 0.25) is 0 Å². The lowest BCUT2D eigenvalue weighted by Crippen LogP contribution is -2.09. The summed E-state index contributed by atoms with van der Waals surface area (Å²) >= 11 is 1.53. The van der Waals surface area contributed by atoms with Gasteiger partial charge in [0.2, 0.25) is 0 Å². The van der Waals surface area contributed by atoms with E-state index in [0.29, 0.717) is 11.7 Å². The van der Waals surface area contributed by atoms with Crippen LogP contribution in [0.3, 0.4) is 0 Å². The molecule has 0 spiro atoms. The van der Waals surface area contributed by atoms with Crippen molar-refractivity contribution >= 4 is 17.5 Å². The summed E-state index contributed by atoms with van der Waals surface area (Å²) in [5.41, 5.74) is 3.00. The average molecular weight is 302 g/mol. The van der Waals surface area contributed by atoms with Gasteiger partial charge in [-0.2, -0.15) is 0 Å². The molecule has 0 amide bonds. The quantitative estimate of drug-likeness (QED) is 0.594. The molecular weight excluding hydrogens is 280 g/mol. The van der Waals surface area contributed by atoms with Crippen molar-refractivity contribution < 1.29 is 4.79 Å². The van der Waals surface area contributed by atoms with Gasteiger partial charge in [0.05, 0.1) is 11.4 Å². The monoisotopic (exact) mass is 302 g/mol. The molecular formula is C17H22N2OS. The molecule has 0 aliphatic rings. The van der Waals surface area contributed by atoms with Crippen LogP contribution < -0.4 is 0 Å². The van der Waals surface area contributed by atoms with Crippen LogP contribution in [0.4, 0.5) is 0 Å². The van der Waals surface area contributed by atoms with Gasteiger partial charge in [0.15, 0.2) is 10.9 Å². The van der Waals surface area contributed by atoms with Gasteiger partial charge in [0, 0.05) is 17.8 Å². The maximum atomic E-state index is 12.2. The normalized spacial score (nSPS) is 11.1. The molecule has 3 nitrogen and oxygen atoms in total. The summed E-state index contributed by atoms with van der Waals surface area (Å²) in [6.07, 6.45) is 0. The maximum absolute atomic E-state index is 12.2. The molecule has 1 heterocycles. The van der Waals surface area contributed by atoms with Crippen LogP contribution in [0.15, 0.2) is 35.5 Å². The molecule has 2 rings (SSSR count). The molecule has 0 radical (unpaired) electrons. The average Bonchev–Trinajstić information content (AvgIpc) is 2.73. The van der Waals surface area contributed by atoms with E-state index in [4.69, 9.17) is 0 Å². The van der Waals surface area contributed by atoms with Gasteiger partial charge in [-0.1, -0.05) is 55.9 Å². The van der Waals surface area contributed by atoms with E-state index in [-0.39, 0.29) is 5.78 Å². The number of hydrogen-bond donors (Lipinski definition) is 0. The van der Waals surface area contributed by atoms with E-state index in [1.54, 1.807) is 0 Å². The third-order valence-corrected chi connectivity index (χ3v) is 4.37. The van der Waals surface area contributed by atoms with Crippen molar-refractivity contribution in [2.75, 3.05) is 5.75 Å². The highest BCUT2D eigenvalue weighted by molar-refractivity contribution is 7.99. The summed E-state index contributed by atoms with van der Waals surface area (Å²) in [6.45, 7) is 9.44. The van der Waals surface area contributed by atoms with Crippen LogP contribution in [-0.2, 0) is 6.54 Å². The number of nitrogens with zero attached hydrogens (tertiary/aromatic N) is 2. The molecule has 4 heteroatoms. The summed E-state index contributed by atoms with van der Waals surface area (Å²) in [5.74, 6) is 1.13. The second kappa shape index (κ2) is 6.94. The minimum atomic E-state index is 0.148. The van der Waals surface area contributed by atoms with Crippen molar-refractivity contribution in [3.63, 3.8) is 0 Å². The van der Waals surface area contributed by atoms with Gasteiger partial charge in [-0.15, -0.1) is 0 Å². The maximum Gasteiger partial charge on any atom is 0.173 e. The Bertz CT molecular complexity index is 617. The topological polar surface area (TPSA) is 34.9 Å². The number of aryl methyl sites for hydroxylation is 1. The molecule has 0 aliphatic heterocycles. The van der Waals surface area contributed by atoms with E-state index in [1.807, 2.05) is 37.3 Å². The first-order valence-corrected chi connectivity index (χ1v) is 8.22. The van der Waals surface area contributed by atoms with Gasteiger partial charge < -0.3 is 4.57 Å². The van der Waals surface area contributed by atoms with Gasteiger partial charge in [0.25, 0.3) is 0 Å². The van der Waals surface area contributed by atoms with Gasteiger partial charge in [-0.05, 0) is 19.8 Å². The van der Waals surface area contributed by atoms with E-state index in [0.717, 1.165) is 23.0 Å². The van der Waals surface area contributed by atoms with Gasteiger partial charge >= 0.3 is 0 Å². The molecule has 0 aliphatic carbocycles. The fourth-order valence-corrected chi connectivity index (χ4v) is 3.15. The number of rotatable bonds is 6. The van der Waals surface area contributed by atoms with Gasteiger partial charge in [-0.3, -0.25) is 4.79 Å². The third-order valence-electron chi connectivity index (χ3n) is 3.40. The van der Waals surface area contributed by atoms with Crippen molar-refractivity contribution in [2.24, 2.45) is 5.92 Å².